The second kappa shape index (κ2) is 5.40. The van der Waals surface area contributed by atoms with Crippen LogP contribution in [0.15, 0.2) is 18.3 Å². The Labute approximate surface area is 116 Å². The number of thiazole rings is 1. The molecule has 100 valence electrons. The first kappa shape index (κ1) is 13.5. The molecule has 2 aromatic rings. The second-order valence-corrected chi connectivity index (χ2v) is 5.45. The van der Waals surface area contributed by atoms with E-state index in [0.717, 1.165) is 16.8 Å². The number of anilines is 2. The summed E-state index contributed by atoms with van der Waals surface area (Å²) >= 11 is 1.29. The molecule has 0 saturated heterocycles. The Balaban J connectivity index is 2.27. The van der Waals surface area contributed by atoms with E-state index >= 15 is 0 Å². The van der Waals surface area contributed by atoms with E-state index in [4.69, 9.17) is 0 Å². The smallest absolute Gasteiger partial charge is 0.349 e. The number of hydrogen-bond donors (Lipinski definition) is 1. The zero-order chi connectivity index (χ0) is 14.0. The van der Waals surface area contributed by atoms with Crippen molar-refractivity contribution in [3.8, 4) is 0 Å². The molecule has 0 unspecified atom stereocenters. The van der Waals surface area contributed by atoms with Crippen LogP contribution < -0.4 is 5.32 Å². The summed E-state index contributed by atoms with van der Waals surface area (Å²) < 4.78 is 4.67. The van der Waals surface area contributed by atoms with Gasteiger partial charge >= 0.3 is 5.97 Å². The molecule has 0 fully saturated rings. The van der Waals surface area contributed by atoms with E-state index in [9.17, 15) is 4.79 Å². The van der Waals surface area contributed by atoms with Crippen LogP contribution in [-0.2, 0) is 4.74 Å². The number of methoxy groups -OCH3 is 1. The normalized spacial score (nSPS) is 10.3. The molecule has 1 N–H and O–H groups in total. The molecular weight excluding hydrogens is 260 g/mol. The minimum Gasteiger partial charge on any atom is -0.465 e. The number of aromatic nitrogens is 1. The van der Waals surface area contributed by atoms with Crippen LogP contribution in [0.4, 0.5) is 10.8 Å². The number of ether oxygens (including phenoxy) is 1. The molecule has 19 heavy (non-hydrogen) atoms. The summed E-state index contributed by atoms with van der Waals surface area (Å²) in [6, 6.07) is 4.23. The molecule has 0 saturated carbocycles. The first-order valence-electron chi connectivity index (χ1n) is 5.90. The minimum atomic E-state index is -0.358. The van der Waals surface area contributed by atoms with Crippen molar-refractivity contribution in [1.82, 2.24) is 4.98 Å². The molecule has 0 spiro atoms. The molecule has 0 bridgehead atoms. The Bertz CT molecular complexity index is 597. The summed E-state index contributed by atoms with van der Waals surface area (Å²) in [7, 11) is 1.36. The molecule has 0 aliphatic heterocycles. The van der Waals surface area contributed by atoms with Crippen LogP contribution in [0, 0.1) is 20.8 Å². The summed E-state index contributed by atoms with van der Waals surface area (Å²) in [6.07, 6.45) is 1.53. The lowest BCUT2D eigenvalue weighted by Gasteiger charge is -2.11. The zero-order valence-electron chi connectivity index (χ0n) is 11.4. The predicted molar refractivity (Wildman–Crippen MR) is 77.4 cm³/mol. The summed E-state index contributed by atoms with van der Waals surface area (Å²) in [5, 5.41) is 3.96. The van der Waals surface area contributed by atoms with Crippen molar-refractivity contribution in [3.63, 3.8) is 0 Å². The lowest BCUT2D eigenvalue weighted by Crippen LogP contribution is -1.97. The van der Waals surface area contributed by atoms with E-state index < -0.39 is 0 Å². The van der Waals surface area contributed by atoms with E-state index in [1.165, 1.54) is 30.2 Å². The van der Waals surface area contributed by atoms with Gasteiger partial charge in [0, 0.05) is 5.69 Å². The Morgan fingerprint density at radius 3 is 2.47 bits per heavy atom. The average Bonchev–Trinajstić information content (AvgIpc) is 2.81. The maximum atomic E-state index is 11.4. The molecule has 0 radical (unpaired) electrons. The Morgan fingerprint density at radius 2 is 1.89 bits per heavy atom. The van der Waals surface area contributed by atoms with Crippen molar-refractivity contribution >= 4 is 28.1 Å². The van der Waals surface area contributed by atoms with Crippen LogP contribution in [-0.4, -0.2) is 18.1 Å². The van der Waals surface area contributed by atoms with Crippen LogP contribution in [0.5, 0.6) is 0 Å². The monoisotopic (exact) mass is 276 g/mol. The van der Waals surface area contributed by atoms with Crippen LogP contribution in [0.1, 0.15) is 26.4 Å². The number of hydrogen-bond acceptors (Lipinski definition) is 5. The fourth-order valence-electron chi connectivity index (χ4n) is 2.01. The predicted octanol–water partition coefficient (Wildman–Crippen LogP) is 3.60. The third-order valence-electron chi connectivity index (χ3n) is 2.80. The molecule has 1 aromatic carbocycles. The maximum absolute atomic E-state index is 11.4. The largest absolute Gasteiger partial charge is 0.465 e. The third kappa shape index (κ3) is 2.93. The summed E-state index contributed by atoms with van der Waals surface area (Å²) in [6.45, 7) is 6.18. The number of rotatable bonds is 3. The number of carbonyl (C=O) groups excluding carboxylic acids is 1. The fourth-order valence-corrected chi connectivity index (χ4v) is 2.75. The van der Waals surface area contributed by atoms with Crippen molar-refractivity contribution in [3.05, 3.63) is 39.9 Å². The van der Waals surface area contributed by atoms with Gasteiger partial charge in [-0.25, -0.2) is 9.78 Å². The minimum absolute atomic E-state index is 0.358. The van der Waals surface area contributed by atoms with Gasteiger partial charge in [-0.1, -0.05) is 29.0 Å². The number of benzene rings is 1. The molecule has 1 heterocycles. The summed E-state index contributed by atoms with van der Waals surface area (Å²) in [5.74, 6) is -0.358. The Morgan fingerprint density at radius 1 is 1.26 bits per heavy atom. The molecule has 0 atom stereocenters. The summed E-state index contributed by atoms with van der Waals surface area (Å²) in [4.78, 5) is 16.1. The second-order valence-electron chi connectivity index (χ2n) is 4.42. The van der Waals surface area contributed by atoms with Crippen LogP contribution in [0.3, 0.4) is 0 Å². The van der Waals surface area contributed by atoms with Crippen molar-refractivity contribution in [1.29, 1.82) is 0 Å². The van der Waals surface area contributed by atoms with Crippen molar-refractivity contribution in [2.75, 3.05) is 12.4 Å². The van der Waals surface area contributed by atoms with E-state index in [1.54, 1.807) is 0 Å². The standard InChI is InChI=1S/C14H16N2O2S/c1-8-5-9(2)12(10(3)6-8)16-14-15-7-11(19-14)13(17)18-4/h5-7H,1-4H3,(H,15,16). The van der Waals surface area contributed by atoms with Gasteiger partial charge in [0.05, 0.1) is 13.3 Å². The first-order chi connectivity index (χ1) is 9.01. The molecular formula is C14H16N2O2S. The lowest BCUT2D eigenvalue weighted by atomic mass is 10.1. The average molecular weight is 276 g/mol. The third-order valence-corrected chi connectivity index (χ3v) is 3.69. The molecule has 0 amide bonds. The van der Waals surface area contributed by atoms with Gasteiger partial charge in [0.1, 0.15) is 4.88 Å². The lowest BCUT2D eigenvalue weighted by molar-refractivity contribution is 0.0606. The molecule has 1 aromatic heterocycles. The van der Waals surface area contributed by atoms with Crippen LogP contribution in [0.25, 0.3) is 0 Å². The number of nitrogens with zero attached hydrogens (tertiary/aromatic N) is 1. The van der Waals surface area contributed by atoms with Gasteiger partial charge in [0.25, 0.3) is 0 Å². The highest BCUT2D eigenvalue weighted by Gasteiger charge is 2.12. The highest BCUT2D eigenvalue weighted by molar-refractivity contribution is 7.17. The van der Waals surface area contributed by atoms with Crippen molar-refractivity contribution < 1.29 is 9.53 Å². The van der Waals surface area contributed by atoms with Gasteiger partial charge in [-0.2, -0.15) is 0 Å². The highest BCUT2D eigenvalue weighted by atomic mass is 32.1. The van der Waals surface area contributed by atoms with E-state index in [2.05, 4.69) is 47.9 Å². The van der Waals surface area contributed by atoms with Gasteiger partial charge in [-0.05, 0) is 31.9 Å². The zero-order valence-corrected chi connectivity index (χ0v) is 12.2. The molecule has 4 nitrogen and oxygen atoms in total. The summed E-state index contributed by atoms with van der Waals surface area (Å²) in [5.41, 5.74) is 4.59. The van der Waals surface area contributed by atoms with E-state index in [-0.39, 0.29) is 5.97 Å². The van der Waals surface area contributed by atoms with Gasteiger partial charge in [-0.15, -0.1) is 0 Å². The van der Waals surface area contributed by atoms with Crippen LogP contribution in [0.2, 0.25) is 0 Å². The molecule has 0 aliphatic rings. The molecule has 2 rings (SSSR count). The van der Waals surface area contributed by atoms with Crippen LogP contribution >= 0.6 is 11.3 Å². The highest BCUT2D eigenvalue weighted by Crippen LogP contribution is 2.28. The topological polar surface area (TPSA) is 51.2 Å². The molecule has 5 heteroatoms. The Hall–Kier alpha value is -1.88. The van der Waals surface area contributed by atoms with Gasteiger partial charge < -0.3 is 10.1 Å². The number of carbonyl (C=O) groups is 1. The van der Waals surface area contributed by atoms with Gasteiger partial charge in [-0.3, -0.25) is 0 Å². The first-order valence-corrected chi connectivity index (χ1v) is 6.72. The van der Waals surface area contributed by atoms with E-state index in [0.29, 0.717) is 10.0 Å². The van der Waals surface area contributed by atoms with E-state index in [1.807, 2.05) is 0 Å². The Kier molecular flexibility index (Phi) is 3.85. The van der Waals surface area contributed by atoms with Gasteiger partial charge in [0.2, 0.25) is 0 Å². The van der Waals surface area contributed by atoms with Crippen molar-refractivity contribution in [2.45, 2.75) is 20.8 Å². The van der Waals surface area contributed by atoms with Crippen molar-refractivity contribution in [2.24, 2.45) is 0 Å². The number of aryl methyl sites for hydroxylation is 3. The fraction of sp³-hybridized carbons (Fsp3) is 0.286. The number of esters is 1. The maximum Gasteiger partial charge on any atom is 0.349 e. The quantitative estimate of drug-likeness (QED) is 0.870. The van der Waals surface area contributed by atoms with Gasteiger partial charge in [0.15, 0.2) is 5.13 Å². The molecule has 0 aliphatic carbocycles. The number of nitrogens with one attached hydrogen (secondary N) is 1. The SMILES string of the molecule is COC(=O)c1cnc(Nc2c(C)cc(C)cc2C)s1.